The van der Waals surface area contributed by atoms with Crippen LogP contribution in [0.15, 0.2) is 0 Å². The molecule has 0 aliphatic heterocycles. The first kappa shape index (κ1) is 8.22. The molecule has 2 atom stereocenters. The smallest absolute Gasteiger partial charge is 0.135 e. The van der Waals surface area contributed by atoms with E-state index in [1.54, 1.807) is 7.11 Å². The average Bonchev–Trinajstić information content (AvgIpc) is 2.04. The fourth-order valence-electron chi connectivity index (χ4n) is 1.37. The molecule has 11 heavy (non-hydrogen) atoms. The Bertz CT molecular complexity index is 195. The van der Waals surface area contributed by atoms with Crippen molar-refractivity contribution in [2.75, 3.05) is 7.11 Å². The van der Waals surface area contributed by atoms with E-state index in [4.69, 9.17) is 10.00 Å². The lowest BCUT2D eigenvalue weighted by Gasteiger charge is -2.23. The first-order chi connectivity index (χ1) is 5.27. The van der Waals surface area contributed by atoms with Crippen molar-refractivity contribution in [2.24, 2.45) is 5.92 Å². The summed E-state index contributed by atoms with van der Waals surface area (Å²) in [6.07, 6.45) is 1.45. The van der Waals surface area contributed by atoms with Gasteiger partial charge in [0.15, 0.2) is 0 Å². The third-order valence-electron chi connectivity index (χ3n) is 2.08. The number of nitriles is 1. The van der Waals surface area contributed by atoms with Crippen molar-refractivity contribution in [1.29, 1.82) is 5.26 Å². The molecule has 1 aliphatic rings. The van der Waals surface area contributed by atoms with Gasteiger partial charge in [0.25, 0.3) is 0 Å². The average molecular weight is 153 g/mol. The van der Waals surface area contributed by atoms with Crippen molar-refractivity contribution in [3.63, 3.8) is 0 Å². The van der Waals surface area contributed by atoms with Gasteiger partial charge in [0.1, 0.15) is 5.78 Å². The highest BCUT2D eigenvalue weighted by atomic mass is 16.5. The van der Waals surface area contributed by atoms with E-state index in [2.05, 4.69) is 6.07 Å². The van der Waals surface area contributed by atoms with Gasteiger partial charge in [-0.05, 0) is 6.42 Å². The molecule has 0 N–H and O–H groups in total. The number of methoxy groups -OCH3 is 1. The Labute approximate surface area is 66.0 Å². The monoisotopic (exact) mass is 153 g/mol. The Morgan fingerprint density at radius 2 is 2.45 bits per heavy atom. The lowest BCUT2D eigenvalue weighted by molar-refractivity contribution is -0.124. The Hall–Kier alpha value is -0.880. The normalized spacial score (nSPS) is 31.5. The van der Waals surface area contributed by atoms with Crippen LogP contribution in [-0.2, 0) is 9.53 Å². The van der Waals surface area contributed by atoms with E-state index < -0.39 is 0 Å². The van der Waals surface area contributed by atoms with Crippen molar-refractivity contribution in [3.8, 4) is 6.07 Å². The number of rotatable bonds is 1. The van der Waals surface area contributed by atoms with Gasteiger partial charge in [-0.1, -0.05) is 0 Å². The molecule has 3 heteroatoms. The summed E-state index contributed by atoms with van der Waals surface area (Å²) in [6.45, 7) is 0. The van der Waals surface area contributed by atoms with Gasteiger partial charge in [0.2, 0.25) is 0 Å². The second kappa shape index (κ2) is 3.49. The second-order valence-corrected chi connectivity index (χ2v) is 2.79. The van der Waals surface area contributed by atoms with Crippen LogP contribution in [0.4, 0.5) is 0 Å². The van der Waals surface area contributed by atoms with Crippen LogP contribution < -0.4 is 0 Å². The number of Topliss-reactive ketones (excluding diaryl/α,β-unsaturated/α-hetero) is 1. The first-order valence-electron chi connectivity index (χ1n) is 3.72. The summed E-state index contributed by atoms with van der Waals surface area (Å²) in [6, 6.07) is 2.15. The van der Waals surface area contributed by atoms with Crippen LogP contribution in [0.5, 0.6) is 0 Å². The van der Waals surface area contributed by atoms with E-state index in [1.807, 2.05) is 0 Å². The van der Waals surface area contributed by atoms with Gasteiger partial charge in [0.05, 0.1) is 18.1 Å². The van der Waals surface area contributed by atoms with E-state index in [-0.39, 0.29) is 17.8 Å². The van der Waals surface area contributed by atoms with E-state index in [9.17, 15) is 4.79 Å². The van der Waals surface area contributed by atoms with E-state index in [0.717, 1.165) is 0 Å². The molecule has 3 nitrogen and oxygen atoms in total. The quantitative estimate of drug-likeness (QED) is 0.562. The fraction of sp³-hybridized carbons (Fsp3) is 0.750. The van der Waals surface area contributed by atoms with Crippen LogP contribution in [0.25, 0.3) is 0 Å². The maximum atomic E-state index is 10.9. The molecular weight excluding hydrogens is 142 g/mol. The summed E-state index contributed by atoms with van der Waals surface area (Å²) in [5.74, 6) is 0.126. The van der Waals surface area contributed by atoms with Crippen molar-refractivity contribution < 1.29 is 9.53 Å². The maximum absolute atomic E-state index is 10.9. The summed E-state index contributed by atoms with van der Waals surface area (Å²) in [7, 11) is 1.55. The molecular formula is C8H11NO2. The van der Waals surface area contributed by atoms with Gasteiger partial charge in [-0.15, -0.1) is 0 Å². The van der Waals surface area contributed by atoms with Crippen LogP contribution >= 0.6 is 0 Å². The zero-order chi connectivity index (χ0) is 8.27. The SMILES string of the molecule is COC1CC(=O)CCC1C#N. The van der Waals surface area contributed by atoms with Gasteiger partial charge in [0, 0.05) is 20.0 Å². The molecule has 0 heterocycles. The molecule has 60 valence electrons. The predicted molar refractivity (Wildman–Crippen MR) is 38.8 cm³/mol. The fourth-order valence-corrected chi connectivity index (χ4v) is 1.37. The lowest BCUT2D eigenvalue weighted by atomic mass is 9.87. The number of carbonyl (C=O) groups excluding carboxylic acids is 1. The molecule has 1 saturated carbocycles. The highest BCUT2D eigenvalue weighted by molar-refractivity contribution is 5.79. The molecule has 0 aromatic heterocycles. The molecule has 0 amide bonds. The number of nitrogens with zero attached hydrogens (tertiary/aromatic N) is 1. The molecule has 0 aromatic rings. The van der Waals surface area contributed by atoms with E-state index in [1.165, 1.54) is 0 Å². The zero-order valence-corrected chi connectivity index (χ0v) is 6.54. The molecule has 0 radical (unpaired) electrons. The predicted octanol–water partition coefficient (Wildman–Crippen LogP) is 0.894. The number of carbonyl (C=O) groups is 1. The number of ether oxygens (including phenoxy) is 1. The summed E-state index contributed by atoms with van der Waals surface area (Å²) < 4.78 is 5.02. The zero-order valence-electron chi connectivity index (χ0n) is 6.54. The van der Waals surface area contributed by atoms with Crippen LogP contribution in [0.1, 0.15) is 19.3 Å². The first-order valence-corrected chi connectivity index (χ1v) is 3.72. The van der Waals surface area contributed by atoms with Crippen molar-refractivity contribution in [3.05, 3.63) is 0 Å². The van der Waals surface area contributed by atoms with Crippen LogP contribution in [0.2, 0.25) is 0 Å². The van der Waals surface area contributed by atoms with Crippen LogP contribution in [0.3, 0.4) is 0 Å². The highest BCUT2D eigenvalue weighted by Gasteiger charge is 2.28. The van der Waals surface area contributed by atoms with Crippen molar-refractivity contribution in [1.82, 2.24) is 0 Å². The lowest BCUT2D eigenvalue weighted by Crippen LogP contribution is -2.30. The molecule has 1 fully saturated rings. The molecule has 0 bridgehead atoms. The van der Waals surface area contributed by atoms with Gasteiger partial charge in [-0.3, -0.25) is 4.79 Å². The molecule has 0 spiro atoms. The standard InChI is InChI=1S/C8H11NO2/c1-11-8-4-7(10)3-2-6(8)5-9/h6,8H,2-4H2,1H3. The summed E-state index contributed by atoms with van der Waals surface area (Å²) in [5.41, 5.74) is 0. The van der Waals surface area contributed by atoms with Crippen molar-refractivity contribution in [2.45, 2.75) is 25.4 Å². The molecule has 0 aromatic carbocycles. The molecule has 2 unspecified atom stereocenters. The summed E-state index contributed by atoms with van der Waals surface area (Å²) in [5, 5.41) is 8.64. The topological polar surface area (TPSA) is 50.1 Å². The highest BCUT2D eigenvalue weighted by Crippen LogP contribution is 2.23. The molecule has 1 aliphatic carbocycles. The number of ketones is 1. The Kier molecular flexibility index (Phi) is 2.61. The molecule has 1 rings (SSSR count). The second-order valence-electron chi connectivity index (χ2n) is 2.79. The maximum Gasteiger partial charge on any atom is 0.135 e. The van der Waals surface area contributed by atoms with Crippen LogP contribution in [0, 0.1) is 17.2 Å². The Morgan fingerprint density at radius 1 is 1.73 bits per heavy atom. The third kappa shape index (κ3) is 1.78. The minimum Gasteiger partial charge on any atom is -0.380 e. The number of hydrogen-bond donors (Lipinski definition) is 0. The Morgan fingerprint density at radius 3 is 3.00 bits per heavy atom. The molecule has 0 saturated heterocycles. The van der Waals surface area contributed by atoms with Gasteiger partial charge < -0.3 is 4.74 Å². The minimum atomic E-state index is -0.166. The van der Waals surface area contributed by atoms with E-state index in [0.29, 0.717) is 19.3 Å². The van der Waals surface area contributed by atoms with Crippen molar-refractivity contribution >= 4 is 5.78 Å². The third-order valence-corrected chi connectivity index (χ3v) is 2.08. The van der Waals surface area contributed by atoms with Gasteiger partial charge in [-0.25, -0.2) is 0 Å². The summed E-state index contributed by atoms with van der Waals surface area (Å²) in [4.78, 5) is 10.9. The largest absolute Gasteiger partial charge is 0.380 e. The Balaban J connectivity index is 2.56. The van der Waals surface area contributed by atoms with E-state index >= 15 is 0 Å². The minimum absolute atomic E-state index is 0.0855. The van der Waals surface area contributed by atoms with Crippen LogP contribution in [-0.4, -0.2) is 19.0 Å². The van der Waals surface area contributed by atoms with Gasteiger partial charge >= 0.3 is 0 Å². The summed E-state index contributed by atoms with van der Waals surface area (Å²) >= 11 is 0. The number of hydrogen-bond acceptors (Lipinski definition) is 3. The van der Waals surface area contributed by atoms with Gasteiger partial charge in [-0.2, -0.15) is 5.26 Å².